The predicted octanol–water partition coefficient (Wildman–Crippen LogP) is 3.22. The maximum atomic E-state index is 12.2. The van der Waals surface area contributed by atoms with E-state index in [1.807, 2.05) is 6.07 Å². The Balaban J connectivity index is 1.88. The van der Waals surface area contributed by atoms with Crippen LogP contribution in [0, 0.1) is 11.3 Å². The monoisotopic (exact) mass is 398 g/mol. The molecule has 0 aliphatic rings. The van der Waals surface area contributed by atoms with Crippen molar-refractivity contribution >= 4 is 21.6 Å². The van der Waals surface area contributed by atoms with E-state index >= 15 is 0 Å². The number of nitrogens with zero attached hydrogens (tertiary/aromatic N) is 3. The zero-order chi connectivity index (χ0) is 20.3. The Labute approximate surface area is 163 Å². The molecule has 0 atom stereocenters. The second kappa shape index (κ2) is 7.72. The fourth-order valence-electron chi connectivity index (χ4n) is 2.39. The van der Waals surface area contributed by atoms with E-state index in [1.54, 1.807) is 43.5 Å². The van der Waals surface area contributed by atoms with Crippen molar-refractivity contribution in [2.45, 2.75) is 4.90 Å². The number of nitrogens with one attached hydrogen (secondary N) is 1. The molecular weight excluding hydrogens is 380 g/mol. The standard InChI is InChI=1S/C19H18N4O4S/c1-23(2)28(24,25)16-10-4-13(5-11-16)18-22-17(12-20)19(27-18)21-14-6-8-15(26-3)9-7-14/h4-11,21H,1-3H3. The highest BCUT2D eigenvalue weighted by Gasteiger charge is 2.19. The molecule has 1 heterocycles. The molecule has 0 saturated carbocycles. The van der Waals surface area contributed by atoms with Crippen molar-refractivity contribution < 1.29 is 17.6 Å². The molecule has 9 heteroatoms. The van der Waals surface area contributed by atoms with Gasteiger partial charge in [0.2, 0.25) is 27.5 Å². The second-order valence-electron chi connectivity index (χ2n) is 5.97. The molecule has 0 amide bonds. The first-order valence-electron chi connectivity index (χ1n) is 8.20. The molecule has 144 valence electrons. The summed E-state index contributed by atoms with van der Waals surface area (Å²) < 4.78 is 36.3. The summed E-state index contributed by atoms with van der Waals surface area (Å²) in [6, 6.07) is 15.2. The molecule has 0 saturated heterocycles. The third-order valence-corrected chi connectivity index (χ3v) is 5.79. The smallest absolute Gasteiger partial charge is 0.242 e. The normalized spacial score (nSPS) is 11.2. The lowest BCUT2D eigenvalue weighted by Gasteiger charge is -2.11. The van der Waals surface area contributed by atoms with Gasteiger partial charge in [-0.3, -0.25) is 0 Å². The van der Waals surface area contributed by atoms with Gasteiger partial charge in [0.25, 0.3) is 0 Å². The minimum Gasteiger partial charge on any atom is -0.497 e. The van der Waals surface area contributed by atoms with E-state index in [1.165, 1.54) is 26.2 Å². The molecule has 1 aromatic heterocycles. The van der Waals surface area contributed by atoms with Gasteiger partial charge in [-0.1, -0.05) is 0 Å². The number of hydrogen-bond acceptors (Lipinski definition) is 7. The van der Waals surface area contributed by atoms with Crippen molar-refractivity contribution in [3.05, 3.63) is 54.2 Å². The minimum atomic E-state index is -3.52. The third-order valence-electron chi connectivity index (χ3n) is 3.96. The largest absolute Gasteiger partial charge is 0.497 e. The van der Waals surface area contributed by atoms with Crippen LogP contribution in [0.25, 0.3) is 11.5 Å². The van der Waals surface area contributed by atoms with Gasteiger partial charge in [-0.15, -0.1) is 0 Å². The van der Waals surface area contributed by atoms with Gasteiger partial charge in [0, 0.05) is 25.3 Å². The Hall–Kier alpha value is -3.35. The van der Waals surface area contributed by atoms with Crippen LogP contribution in [-0.2, 0) is 10.0 Å². The zero-order valence-corrected chi connectivity index (χ0v) is 16.3. The molecule has 0 aliphatic carbocycles. The van der Waals surface area contributed by atoms with Gasteiger partial charge in [0.05, 0.1) is 12.0 Å². The Bertz CT molecular complexity index is 1110. The Morgan fingerprint density at radius 2 is 1.75 bits per heavy atom. The van der Waals surface area contributed by atoms with E-state index in [0.717, 1.165) is 4.31 Å². The first-order valence-corrected chi connectivity index (χ1v) is 9.64. The number of rotatable bonds is 6. The molecule has 0 fully saturated rings. The molecule has 0 spiro atoms. The van der Waals surface area contributed by atoms with Crippen molar-refractivity contribution in [1.82, 2.24) is 9.29 Å². The topological polar surface area (TPSA) is 108 Å². The number of nitriles is 1. The summed E-state index contributed by atoms with van der Waals surface area (Å²) >= 11 is 0. The number of oxazole rings is 1. The number of sulfonamides is 1. The van der Waals surface area contributed by atoms with E-state index in [0.29, 0.717) is 17.0 Å². The SMILES string of the molecule is COc1ccc(Nc2oc(-c3ccc(S(=O)(=O)N(C)C)cc3)nc2C#N)cc1. The van der Waals surface area contributed by atoms with Gasteiger partial charge in [-0.2, -0.15) is 10.2 Å². The Morgan fingerprint density at radius 3 is 2.29 bits per heavy atom. The van der Waals surface area contributed by atoms with Crippen LogP contribution in [-0.4, -0.2) is 38.9 Å². The van der Waals surface area contributed by atoms with E-state index < -0.39 is 10.0 Å². The van der Waals surface area contributed by atoms with Gasteiger partial charge in [-0.25, -0.2) is 12.7 Å². The lowest BCUT2D eigenvalue weighted by Crippen LogP contribution is -2.22. The van der Waals surface area contributed by atoms with Crippen LogP contribution in [0.2, 0.25) is 0 Å². The van der Waals surface area contributed by atoms with E-state index in [-0.39, 0.29) is 22.4 Å². The highest BCUT2D eigenvalue weighted by atomic mass is 32.2. The van der Waals surface area contributed by atoms with Crippen molar-refractivity contribution in [3.63, 3.8) is 0 Å². The van der Waals surface area contributed by atoms with Crippen molar-refractivity contribution in [1.29, 1.82) is 5.26 Å². The van der Waals surface area contributed by atoms with Gasteiger partial charge in [0.15, 0.2) is 0 Å². The van der Waals surface area contributed by atoms with Gasteiger partial charge < -0.3 is 14.5 Å². The Kier molecular flexibility index (Phi) is 5.35. The molecule has 0 radical (unpaired) electrons. The highest BCUT2D eigenvalue weighted by molar-refractivity contribution is 7.89. The molecule has 0 unspecified atom stereocenters. The summed E-state index contributed by atoms with van der Waals surface area (Å²) in [4.78, 5) is 4.34. The lowest BCUT2D eigenvalue weighted by molar-refractivity contribution is 0.415. The van der Waals surface area contributed by atoms with Crippen LogP contribution in [0.4, 0.5) is 11.6 Å². The number of ether oxygens (including phenoxy) is 1. The van der Waals surface area contributed by atoms with E-state index in [2.05, 4.69) is 10.3 Å². The summed E-state index contributed by atoms with van der Waals surface area (Å²) in [5.41, 5.74) is 1.35. The molecule has 0 bridgehead atoms. The Morgan fingerprint density at radius 1 is 1.11 bits per heavy atom. The van der Waals surface area contributed by atoms with E-state index in [9.17, 15) is 13.7 Å². The van der Waals surface area contributed by atoms with Crippen LogP contribution < -0.4 is 10.1 Å². The molecular formula is C19H18N4O4S. The molecule has 3 aromatic rings. The van der Waals surface area contributed by atoms with Gasteiger partial charge in [0.1, 0.15) is 11.8 Å². The molecule has 0 aliphatic heterocycles. The van der Waals surface area contributed by atoms with Crippen LogP contribution in [0.1, 0.15) is 5.69 Å². The molecule has 28 heavy (non-hydrogen) atoms. The minimum absolute atomic E-state index is 0.0933. The number of methoxy groups -OCH3 is 1. The van der Waals surface area contributed by atoms with Crippen molar-refractivity contribution in [2.75, 3.05) is 26.5 Å². The average molecular weight is 398 g/mol. The summed E-state index contributed by atoms with van der Waals surface area (Å²) in [6.07, 6.45) is 0. The lowest BCUT2D eigenvalue weighted by atomic mass is 10.2. The predicted molar refractivity (Wildman–Crippen MR) is 104 cm³/mol. The van der Waals surface area contributed by atoms with Crippen molar-refractivity contribution in [3.8, 4) is 23.3 Å². The van der Waals surface area contributed by atoms with Crippen LogP contribution in [0.3, 0.4) is 0 Å². The van der Waals surface area contributed by atoms with Crippen LogP contribution in [0.15, 0.2) is 57.8 Å². The molecule has 1 N–H and O–H groups in total. The first kappa shape index (κ1) is 19.4. The fraction of sp³-hybridized carbons (Fsp3) is 0.158. The second-order valence-corrected chi connectivity index (χ2v) is 8.13. The summed E-state index contributed by atoms with van der Waals surface area (Å²) in [6.45, 7) is 0. The number of aromatic nitrogens is 1. The fourth-order valence-corrected chi connectivity index (χ4v) is 3.29. The van der Waals surface area contributed by atoms with Crippen molar-refractivity contribution in [2.24, 2.45) is 0 Å². The summed E-state index contributed by atoms with van der Waals surface area (Å²) in [5, 5.41) is 12.3. The van der Waals surface area contributed by atoms with E-state index in [4.69, 9.17) is 9.15 Å². The summed E-state index contributed by atoms with van der Waals surface area (Å²) in [5.74, 6) is 1.12. The quantitative estimate of drug-likeness (QED) is 0.679. The zero-order valence-electron chi connectivity index (χ0n) is 15.5. The highest BCUT2D eigenvalue weighted by Crippen LogP contribution is 2.29. The average Bonchev–Trinajstić information content (AvgIpc) is 3.11. The molecule has 2 aromatic carbocycles. The van der Waals surface area contributed by atoms with Crippen LogP contribution in [0.5, 0.6) is 5.75 Å². The maximum Gasteiger partial charge on any atom is 0.242 e. The first-order chi connectivity index (χ1) is 13.3. The molecule has 3 rings (SSSR count). The molecule has 8 nitrogen and oxygen atoms in total. The third kappa shape index (κ3) is 3.83. The summed E-state index contributed by atoms with van der Waals surface area (Å²) in [7, 11) is 0.987. The number of hydrogen-bond donors (Lipinski definition) is 1. The maximum absolute atomic E-state index is 12.2. The van der Waals surface area contributed by atoms with Gasteiger partial charge in [-0.05, 0) is 48.5 Å². The number of anilines is 2. The number of benzene rings is 2. The van der Waals surface area contributed by atoms with Crippen LogP contribution >= 0.6 is 0 Å². The van der Waals surface area contributed by atoms with Gasteiger partial charge >= 0.3 is 0 Å².